The average Bonchev–Trinajstić information content (AvgIpc) is 2.58. The van der Waals surface area contributed by atoms with Crippen LogP contribution in [0.3, 0.4) is 0 Å². The normalized spacial score (nSPS) is 21.2. The van der Waals surface area contributed by atoms with E-state index in [0.717, 1.165) is 12.8 Å². The van der Waals surface area contributed by atoms with E-state index in [1.54, 1.807) is 31.7 Å². The van der Waals surface area contributed by atoms with Gasteiger partial charge in [0.2, 0.25) is 21.8 Å². The van der Waals surface area contributed by atoms with Crippen LogP contribution in [0.4, 0.5) is 5.69 Å². The van der Waals surface area contributed by atoms with Gasteiger partial charge in [0.05, 0.1) is 10.6 Å². The van der Waals surface area contributed by atoms with Gasteiger partial charge < -0.3 is 10.2 Å². The summed E-state index contributed by atoms with van der Waals surface area (Å²) in [4.78, 5) is 27.9. The van der Waals surface area contributed by atoms with Gasteiger partial charge in [-0.15, -0.1) is 11.8 Å². The van der Waals surface area contributed by atoms with Gasteiger partial charge in [0.15, 0.2) is 5.25 Å². The predicted octanol–water partition coefficient (Wildman–Crippen LogP) is 2.43. The second-order valence-electron chi connectivity index (χ2n) is 8.51. The van der Waals surface area contributed by atoms with Crippen molar-refractivity contribution in [2.45, 2.75) is 61.1 Å². The number of thioether (sulfide) groups is 1. The number of hydrogen-bond donors (Lipinski definition) is 2. The number of hydrogen-bond acceptors (Lipinski definition) is 5. The van der Waals surface area contributed by atoms with Gasteiger partial charge in [-0.05, 0) is 57.7 Å². The predicted molar refractivity (Wildman–Crippen MR) is 110 cm³/mol. The van der Waals surface area contributed by atoms with Crippen LogP contribution in [-0.4, -0.2) is 49.0 Å². The molecule has 7 nitrogen and oxygen atoms in total. The van der Waals surface area contributed by atoms with E-state index < -0.39 is 26.7 Å². The number of rotatable bonds is 3. The second-order valence-corrected chi connectivity index (χ2v) is 11.3. The number of nitrogens with zero attached hydrogens (tertiary/aromatic N) is 1. The molecule has 28 heavy (non-hydrogen) atoms. The van der Waals surface area contributed by atoms with Gasteiger partial charge in [0.1, 0.15) is 0 Å². The van der Waals surface area contributed by atoms with E-state index in [9.17, 15) is 18.0 Å². The van der Waals surface area contributed by atoms with Gasteiger partial charge >= 0.3 is 0 Å². The number of piperidine rings is 1. The minimum absolute atomic E-state index is 0.0804. The fraction of sp³-hybridized carbons (Fsp3) is 0.579. The zero-order valence-electron chi connectivity index (χ0n) is 16.6. The molecule has 1 fully saturated rings. The quantitative estimate of drug-likeness (QED) is 0.725. The Morgan fingerprint density at radius 2 is 1.89 bits per heavy atom. The minimum atomic E-state index is -3.71. The lowest BCUT2D eigenvalue weighted by Gasteiger charge is -2.33. The lowest BCUT2D eigenvalue weighted by molar-refractivity contribution is -0.135. The lowest BCUT2D eigenvalue weighted by atomic mass is 9.99. The molecular weight excluding hydrogens is 398 g/mol. The Kier molecular flexibility index (Phi) is 5.80. The summed E-state index contributed by atoms with van der Waals surface area (Å²) in [5.74, 6) is 0.0188. The summed E-state index contributed by atoms with van der Waals surface area (Å²) in [5, 5.41) is 1.88. The van der Waals surface area contributed by atoms with Crippen molar-refractivity contribution in [3.63, 3.8) is 0 Å². The summed E-state index contributed by atoms with van der Waals surface area (Å²) in [6.45, 7) is 8.80. The monoisotopic (exact) mass is 425 g/mol. The van der Waals surface area contributed by atoms with Crippen LogP contribution in [0.1, 0.15) is 40.5 Å². The summed E-state index contributed by atoms with van der Waals surface area (Å²) >= 11 is 1.18. The minimum Gasteiger partial charge on any atom is -0.341 e. The first-order valence-corrected chi connectivity index (χ1v) is 11.8. The van der Waals surface area contributed by atoms with Crippen molar-refractivity contribution in [1.29, 1.82) is 0 Å². The van der Waals surface area contributed by atoms with E-state index in [0.29, 0.717) is 29.6 Å². The van der Waals surface area contributed by atoms with Gasteiger partial charge in [-0.2, -0.15) is 0 Å². The van der Waals surface area contributed by atoms with Crippen molar-refractivity contribution in [1.82, 2.24) is 9.62 Å². The molecule has 0 spiro atoms. The fourth-order valence-electron chi connectivity index (χ4n) is 3.27. The topological polar surface area (TPSA) is 95.6 Å². The van der Waals surface area contributed by atoms with Crippen molar-refractivity contribution in [2.24, 2.45) is 5.92 Å². The van der Waals surface area contributed by atoms with Gasteiger partial charge in [-0.25, -0.2) is 13.1 Å². The molecule has 1 saturated heterocycles. The van der Waals surface area contributed by atoms with Crippen molar-refractivity contribution < 1.29 is 18.0 Å². The molecule has 0 bridgehead atoms. The van der Waals surface area contributed by atoms with Crippen LogP contribution in [-0.2, 0) is 19.6 Å². The summed E-state index contributed by atoms with van der Waals surface area (Å²) in [6.07, 6.45) is 1.90. The highest BCUT2D eigenvalue weighted by Gasteiger charge is 2.37. The van der Waals surface area contributed by atoms with Gasteiger partial charge in [0.25, 0.3) is 0 Å². The first kappa shape index (κ1) is 21.1. The van der Waals surface area contributed by atoms with Crippen molar-refractivity contribution in [3.05, 3.63) is 18.2 Å². The standard InChI is InChI=1S/C19H27N3O4S2/c1-12-7-9-22(10-8-12)18(24)16-17(23)20-14-11-13(5-6-15(14)27-16)28(25,26)21-19(2,3)4/h5-6,11-12,16,21H,7-10H2,1-4H3,(H,20,23)/t16-/m1/s1. The van der Waals surface area contributed by atoms with Crippen LogP contribution in [0, 0.1) is 5.92 Å². The number of carbonyl (C=O) groups is 2. The largest absolute Gasteiger partial charge is 0.341 e. The first-order valence-electron chi connectivity index (χ1n) is 9.40. The van der Waals surface area contributed by atoms with Crippen LogP contribution in [0.25, 0.3) is 0 Å². The third-order valence-corrected chi connectivity index (χ3v) is 7.78. The number of benzene rings is 1. The Morgan fingerprint density at radius 3 is 2.50 bits per heavy atom. The van der Waals surface area contributed by atoms with Crippen molar-refractivity contribution >= 4 is 39.3 Å². The number of likely N-dealkylation sites (tertiary alicyclic amines) is 1. The third kappa shape index (κ3) is 4.69. The maximum atomic E-state index is 12.8. The maximum Gasteiger partial charge on any atom is 0.247 e. The Hall–Kier alpha value is -1.58. The molecule has 2 aliphatic heterocycles. The number of amides is 2. The highest BCUT2D eigenvalue weighted by Crippen LogP contribution is 2.38. The first-order chi connectivity index (χ1) is 13.0. The molecule has 0 saturated carbocycles. The highest BCUT2D eigenvalue weighted by molar-refractivity contribution is 8.01. The second kappa shape index (κ2) is 7.68. The van der Waals surface area contributed by atoms with E-state index in [4.69, 9.17) is 0 Å². The molecule has 2 heterocycles. The molecular formula is C19H27N3O4S2. The Balaban J connectivity index is 1.79. The highest BCUT2D eigenvalue weighted by atomic mass is 32.2. The molecule has 1 aromatic rings. The van der Waals surface area contributed by atoms with Gasteiger partial charge in [0, 0.05) is 23.5 Å². The van der Waals surface area contributed by atoms with Crippen LogP contribution in [0.5, 0.6) is 0 Å². The third-order valence-electron chi connectivity index (χ3n) is 4.76. The van der Waals surface area contributed by atoms with Crippen LogP contribution < -0.4 is 10.0 Å². The number of carbonyl (C=O) groups excluding carboxylic acids is 2. The summed E-state index contributed by atoms with van der Waals surface area (Å²) < 4.78 is 27.7. The lowest BCUT2D eigenvalue weighted by Crippen LogP contribution is -2.47. The molecule has 154 valence electrons. The summed E-state index contributed by atoms with van der Waals surface area (Å²) in [5.41, 5.74) is -0.195. The summed E-state index contributed by atoms with van der Waals surface area (Å²) in [7, 11) is -3.71. The number of anilines is 1. The zero-order chi connectivity index (χ0) is 20.7. The number of sulfonamides is 1. The molecule has 1 aromatic carbocycles. The van der Waals surface area contributed by atoms with E-state index in [1.165, 1.54) is 23.9 Å². The molecule has 9 heteroatoms. The Morgan fingerprint density at radius 1 is 1.25 bits per heavy atom. The molecule has 3 rings (SSSR count). The van der Waals surface area contributed by atoms with E-state index in [1.807, 2.05) is 0 Å². The fourth-order valence-corrected chi connectivity index (χ4v) is 5.77. The molecule has 2 aliphatic rings. The molecule has 0 aromatic heterocycles. The zero-order valence-corrected chi connectivity index (χ0v) is 18.2. The van der Waals surface area contributed by atoms with E-state index >= 15 is 0 Å². The molecule has 2 N–H and O–H groups in total. The van der Waals surface area contributed by atoms with Gasteiger partial charge in [-0.1, -0.05) is 6.92 Å². The number of nitrogens with one attached hydrogen (secondary N) is 2. The van der Waals surface area contributed by atoms with Crippen LogP contribution >= 0.6 is 11.8 Å². The average molecular weight is 426 g/mol. The molecule has 0 aliphatic carbocycles. The van der Waals surface area contributed by atoms with E-state index in [-0.39, 0.29) is 10.8 Å². The molecule has 1 atom stereocenters. The summed E-state index contributed by atoms with van der Waals surface area (Å²) in [6, 6.07) is 4.59. The molecule has 0 radical (unpaired) electrons. The maximum absolute atomic E-state index is 12.8. The Bertz CT molecular complexity index is 885. The molecule has 2 amide bonds. The van der Waals surface area contributed by atoms with Crippen LogP contribution in [0.15, 0.2) is 28.0 Å². The van der Waals surface area contributed by atoms with Crippen molar-refractivity contribution in [3.8, 4) is 0 Å². The van der Waals surface area contributed by atoms with Gasteiger partial charge in [-0.3, -0.25) is 9.59 Å². The number of fused-ring (bicyclic) bond motifs is 1. The van der Waals surface area contributed by atoms with Crippen LogP contribution in [0.2, 0.25) is 0 Å². The van der Waals surface area contributed by atoms with Crippen molar-refractivity contribution in [2.75, 3.05) is 18.4 Å². The molecule has 0 unspecified atom stereocenters. The van der Waals surface area contributed by atoms with E-state index in [2.05, 4.69) is 17.0 Å². The smallest absolute Gasteiger partial charge is 0.247 e. The Labute approximate surface area is 170 Å². The SMILES string of the molecule is CC1CCN(C(=O)[C@@H]2Sc3ccc(S(=O)(=O)NC(C)(C)C)cc3NC2=O)CC1.